The van der Waals surface area contributed by atoms with Crippen molar-refractivity contribution < 1.29 is 0 Å². The maximum absolute atomic E-state index is 3.82. The van der Waals surface area contributed by atoms with Gasteiger partial charge in [-0.15, -0.1) is 0 Å². The Labute approximate surface area is 107 Å². The summed E-state index contributed by atoms with van der Waals surface area (Å²) >= 11 is 0. The quantitative estimate of drug-likeness (QED) is 0.792. The third-order valence-corrected chi connectivity index (χ3v) is 4.88. The van der Waals surface area contributed by atoms with Crippen LogP contribution in [0.1, 0.15) is 52.9 Å². The molecule has 0 aromatic rings. The zero-order valence-corrected chi connectivity index (χ0v) is 12.0. The van der Waals surface area contributed by atoms with E-state index in [1.807, 2.05) is 0 Å². The highest BCUT2D eigenvalue weighted by Gasteiger charge is 2.42. The summed E-state index contributed by atoms with van der Waals surface area (Å²) in [5, 5.41) is 3.82. The van der Waals surface area contributed by atoms with E-state index in [1.54, 1.807) is 0 Å². The van der Waals surface area contributed by atoms with Gasteiger partial charge >= 0.3 is 0 Å². The molecular formula is C15H30N2. The second-order valence-electron chi connectivity index (χ2n) is 6.39. The van der Waals surface area contributed by atoms with Crippen molar-refractivity contribution in [1.29, 1.82) is 0 Å². The largest absolute Gasteiger partial charge is 0.310 e. The van der Waals surface area contributed by atoms with Crippen molar-refractivity contribution in [3.63, 3.8) is 0 Å². The van der Waals surface area contributed by atoms with E-state index in [0.717, 1.165) is 11.8 Å². The molecule has 17 heavy (non-hydrogen) atoms. The molecule has 1 N–H and O–H groups in total. The van der Waals surface area contributed by atoms with Crippen LogP contribution in [0.5, 0.6) is 0 Å². The van der Waals surface area contributed by atoms with Crippen molar-refractivity contribution >= 4 is 0 Å². The normalized spacial score (nSPS) is 31.8. The van der Waals surface area contributed by atoms with Crippen molar-refractivity contribution in [3.05, 3.63) is 0 Å². The number of hydrogen-bond donors (Lipinski definition) is 1. The summed E-state index contributed by atoms with van der Waals surface area (Å²) in [6.07, 6.45) is 6.88. The minimum Gasteiger partial charge on any atom is -0.310 e. The van der Waals surface area contributed by atoms with Crippen LogP contribution >= 0.6 is 0 Å². The molecule has 0 aromatic carbocycles. The fourth-order valence-electron chi connectivity index (χ4n) is 3.34. The van der Waals surface area contributed by atoms with E-state index in [4.69, 9.17) is 0 Å². The Hall–Kier alpha value is -0.0800. The summed E-state index contributed by atoms with van der Waals surface area (Å²) in [6, 6.07) is 0. The molecule has 1 aliphatic heterocycles. The fraction of sp³-hybridized carbons (Fsp3) is 1.00. The minimum atomic E-state index is 0.405. The van der Waals surface area contributed by atoms with Crippen LogP contribution in [0.2, 0.25) is 0 Å². The number of rotatable bonds is 5. The van der Waals surface area contributed by atoms with Gasteiger partial charge in [-0.25, -0.2) is 0 Å². The van der Waals surface area contributed by atoms with E-state index in [2.05, 4.69) is 31.0 Å². The molecule has 0 amide bonds. The van der Waals surface area contributed by atoms with Crippen molar-refractivity contribution in [2.45, 2.75) is 58.4 Å². The monoisotopic (exact) mass is 238 g/mol. The Morgan fingerprint density at radius 3 is 2.59 bits per heavy atom. The van der Waals surface area contributed by atoms with Gasteiger partial charge in [-0.1, -0.05) is 26.7 Å². The fourth-order valence-corrected chi connectivity index (χ4v) is 3.34. The highest BCUT2D eigenvalue weighted by atomic mass is 15.2. The number of nitrogens with zero attached hydrogens (tertiary/aromatic N) is 1. The lowest BCUT2D eigenvalue weighted by atomic mass is 9.94. The van der Waals surface area contributed by atoms with E-state index in [-0.39, 0.29) is 0 Å². The molecule has 2 aliphatic rings. The molecule has 2 rings (SSSR count). The van der Waals surface area contributed by atoms with E-state index >= 15 is 0 Å². The second-order valence-corrected chi connectivity index (χ2v) is 6.39. The molecule has 2 heteroatoms. The Morgan fingerprint density at radius 2 is 2.00 bits per heavy atom. The molecule has 2 nitrogen and oxygen atoms in total. The van der Waals surface area contributed by atoms with E-state index in [0.29, 0.717) is 5.54 Å². The van der Waals surface area contributed by atoms with Crippen LogP contribution in [-0.4, -0.2) is 36.6 Å². The van der Waals surface area contributed by atoms with Crippen molar-refractivity contribution in [2.24, 2.45) is 11.8 Å². The van der Waals surface area contributed by atoms with Gasteiger partial charge < -0.3 is 10.2 Å². The van der Waals surface area contributed by atoms with Gasteiger partial charge in [0.05, 0.1) is 0 Å². The maximum atomic E-state index is 3.82. The molecule has 0 aromatic heterocycles. The first-order valence-electron chi connectivity index (χ1n) is 7.65. The molecule has 1 saturated heterocycles. The van der Waals surface area contributed by atoms with Crippen LogP contribution in [0.4, 0.5) is 0 Å². The van der Waals surface area contributed by atoms with Crippen LogP contribution in [0.3, 0.4) is 0 Å². The molecule has 0 spiro atoms. The second kappa shape index (κ2) is 5.71. The number of hydrogen-bond acceptors (Lipinski definition) is 2. The van der Waals surface area contributed by atoms with Crippen molar-refractivity contribution in [3.8, 4) is 0 Å². The molecule has 1 unspecified atom stereocenters. The van der Waals surface area contributed by atoms with Gasteiger partial charge in [0.25, 0.3) is 0 Å². The van der Waals surface area contributed by atoms with Gasteiger partial charge in [-0.2, -0.15) is 0 Å². The zero-order chi connectivity index (χ0) is 12.3. The summed E-state index contributed by atoms with van der Waals surface area (Å²) in [7, 11) is 0. The molecule has 0 bridgehead atoms. The van der Waals surface area contributed by atoms with Crippen molar-refractivity contribution in [1.82, 2.24) is 10.2 Å². The van der Waals surface area contributed by atoms with Gasteiger partial charge in [0, 0.05) is 18.6 Å². The molecule has 1 aliphatic carbocycles. The van der Waals surface area contributed by atoms with Gasteiger partial charge in [0.2, 0.25) is 0 Å². The molecule has 0 radical (unpaired) electrons. The minimum absolute atomic E-state index is 0.405. The van der Waals surface area contributed by atoms with Crippen LogP contribution in [0.25, 0.3) is 0 Å². The maximum Gasteiger partial charge on any atom is 0.0308 e. The van der Waals surface area contributed by atoms with Crippen LogP contribution in [0, 0.1) is 11.8 Å². The predicted octanol–water partition coefficient (Wildman–Crippen LogP) is 2.89. The molecule has 100 valence electrons. The lowest BCUT2D eigenvalue weighted by Gasteiger charge is -2.35. The van der Waals surface area contributed by atoms with E-state index in [9.17, 15) is 0 Å². The molecule has 2 fully saturated rings. The van der Waals surface area contributed by atoms with Crippen LogP contribution in [0.15, 0.2) is 0 Å². The van der Waals surface area contributed by atoms with E-state index in [1.165, 1.54) is 58.3 Å². The third kappa shape index (κ3) is 3.45. The van der Waals surface area contributed by atoms with Crippen molar-refractivity contribution in [2.75, 3.05) is 26.2 Å². The van der Waals surface area contributed by atoms with E-state index < -0.39 is 0 Å². The Bertz CT molecular complexity index is 233. The molecule has 1 saturated carbocycles. The van der Waals surface area contributed by atoms with Gasteiger partial charge in [0.15, 0.2) is 0 Å². The summed E-state index contributed by atoms with van der Waals surface area (Å²) in [4.78, 5) is 2.73. The predicted molar refractivity (Wildman–Crippen MR) is 74.3 cm³/mol. The Balaban J connectivity index is 1.92. The molecular weight excluding hydrogens is 208 g/mol. The van der Waals surface area contributed by atoms with Crippen LogP contribution in [-0.2, 0) is 0 Å². The summed E-state index contributed by atoms with van der Waals surface area (Å²) in [5.74, 6) is 1.85. The average Bonchev–Trinajstić information content (AvgIpc) is 3.13. The Morgan fingerprint density at radius 1 is 1.29 bits per heavy atom. The zero-order valence-electron chi connectivity index (χ0n) is 12.0. The first kappa shape index (κ1) is 13.4. The lowest BCUT2D eigenvalue weighted by Crippen LogP contribution is -2.51. The number of nitrogens with one attached hydrogen (secondary N) is 1. The van der Waals surface area contributed by atoms with Gasteiger partial charge in [0.1, 0.15) is 0 Å². The summed E-state index contributed by atoms with van der Waals surface area (Å²) < 4.78 is 0. The average molecular weight is 238 g/mol. The molecule has 1 heterocycles. The first-order valence-corrected chi connectivity index (χ1v) is 7.65. The SMILES string of the molecule is CCC(CC)CN1CCCNC(C)(C2CC2)C1. The van der Waals surface area contributed by atoms with Crippen LogP contribution < -0.4 is 5.32 Å². The summed E-state index contributed by atoms with van der Waals surface area (Å²) in [6.45, 7) is 12.2. The lowest BCUT2D eigenvalue weighted by molar-refractivity contribution is 0.174. The summed E-state index contributed by atoms with van der Waals surface area (Å²) in [5.41, 5.74) is 0.405. The smallest absolute Gasteiger partial charge is 0.0308 e. The van der Waals surface area contributed by atoms with Gasteiger partial charge in [-0.3, -0.25) is 0 Å². The van der Waals surface area contributed by atoms with Gasteiger partial charge in [-0.05, 0) is 51.1 Å². The topological polar surface area (TPSA) is 15.3 Å². The molecule has 1 atom stereocenters. The first-order chi connectivity index (χ1) is 8.18. The highest BCUT2D eigenvalue weighted by Crippen LogP contribution is 2.40. The third-order valence-electron chi connectivity index (χ3n) is 4.88. The Kier molecular flexibility index (Phi) is 4.48. The highest BCUT2D eigenvalue weighted by molar-refractivity contribution is 5.01. The standard InChI is InChI=1S/C15H30N2/c1-4-13(5-2)11-17-10-6-9-16-15(3,12-17)14-7-8-14/h13-14,16H,4-12H2,1-3H3.